The predicted molar refractivity (Wildman–Crippen MR) is 120 cm³/mol. The number of hydrogen-bond donors (Lipinski definition) is 1. The maximum atomic E-state index is 13.1. The van der Waals surface area contributed by atoms with Crippen molar-refractivity contribution in [1.29, 1.82) is 0 Å². The Morgan fingerprint density at radius 3 is 2.60 bits per heavy atom. The molecule has 0 saturated carbocycles. The molecule has 0 fully saturated rings. The number of carbonyl (C=O) groups is 1. The van der Waals surface area contributed by atoms with Crippen molar-refractivity contribution in [3.05, 3.63) is 88.6 Å². The first-order valence-electron chi connectivity index (χ1n) is 9.83. The molecule has 1 N–H and O–H groups in total. The Hall–Kier alpha value is -3.25. The molecule has 5 nitrogen and oxygen atoms in total. The summed E-state index contributed by atoms with van der Waals surface area (Å²) >= 11 is 0. The van der Waals surface area contributed by atoms with Gasteiger partial charge in [-0.15, -0.1) is 0 Å². The number of anilines is 1. The van der Waals surface area contributed by atoms with E-state index in [0.29, 0.717) is 22.9 Å². The fourth-order valence-electron chi connectivity index (χ4n) is 3.98. The molecule has 4 aromatic rings. The van der Waals surface area contributed by atoms with Crippen LogP contribution in [0.1, 0.15) is 32.7 Å². The van der Waals surface area contributed by atoms with Gasteiger partial charge < -0.3 is 5.32 Å². The number of aromatic nitrogens is 2. The summed E-state index contributed by atoms with van der Waals surface area (Å²) in [6.07, 6.45) is 0. The van der Waals surface area contributed by atoms with Gasteiger partial charge in [-0.05, 0) is 48.4 Å². The first kappa shape index (κ1) is 18.8. The molecule has 0 radical (unpaired) electrons. The van der Waals surface area contributed by atoms with E-state index in [-0.39, 0.29) is 5.91 Å². The zero-order valence-electron chi connectivity index (χ0n) is 16.8. The molecule has 6 heteroatoms. The predicted octanol–water partition coefficient (Wildman–Crippen LogP) is 4.66. The van der Waals surface area contributed by atoms with Gasteiger partial charge >= 0.3 is 0 Å². The number of nitrogens with one attached hydrogen (secondary N) is 1. The van der Waals surface area contributed by atoms with Crippen molar-refractivity contribution in [3.8, 4) is 5.69 Å². The summed E-state index contributed by atoms with van der Waals surface area (Å²) in [4.78, 5) is 13.1. The fraction of sp³-hybridized carbons (Fsp3) is 0.167. The van der Waals surface area contributed by atoms with Crippen LogP contribution in [-0.4, -0.2) is 19.9 Å². The van der Waals surface area contributed by atoms with E-state index in [1.165, 1.54) is 5.56 Å². The molecule has 30 heavy (non-hydrogen) atoms. The molecule has 3 aromatic carbocycles. The Morgan fingerprint density at radius 1 is 1.00 bits per heavy atom. The van der Waals surface area contributed by atoms with Gasteiger partial charge in [0.15, 0.2) is 0 Å². The van der Waals surface area contributed by atoms with E-state index >= 15 is 0 Å². The number of rotatable bonds is 3. The van der Waals surface area contributed by atoms with Crippen molar-refractivity contribution >= 4 is 33.3 Å². The van der Waals surface area contributed by atoms with E-state index in [0.717, 1.165) is 33.3 Å². The van der Waals surface area contributed by atoms with Crippen LogP contribution in [0.2, 0.25) is 0 Å². The van der Waals surface area contributed by atoms with Crippen LogP contribution in [-0.2, 0) is 22.3 Å². The highest BCUT2D eigenvalue weighted by atomic mass is 32.2. The first-order chi connectivity index (χ1) is 14.5. The molecule has 1 atom stereocenters. The zero-order chi connectivity index (χ0) is 20.8. The largest absolute Gasteiger partial charge is 0.306 e. The maximum absolute atomic E-state index is 13.1. The van der Waals surface area contributed by atoms with Gasteiger partial charge in [-0.3, -0.25) is 9.00 Å². The number of aryl methyl sites for hydroxylation is 2. The quantitative estimate of drug-likeness (QED) is 0.529. The van der Waals surface area contributed by atoms with Crippen LogP contribution in [0.3, 0.4) is 0 Å². The summed E-state index contributed by atoms with van der Waals surface area (Å²) in [5, 5.41) is 9.87. The van der Waals surface area contributed by atoms with Crippen molar-refractivity contribution in [3.63, 3.8) is 0 Å². The van der Waals surface area contributed by atoms with Crippen LogP contribution in [0, 0.1) is 13.8 Å². The standard InChI is InChI=1S/C24H21N3O2S/c1-15-7-10-22(16(2)11-15)27-23(20-13-30(29)14-21(20)26-27)25-24(28)19-9-8-17-5-3-4-6-18(17)12-19/h3-12H,13-14H2,1-2H3,(H,25,28)/t30-/m1/s1. The molecule has 150 valence electrons. The molecule has 0 spiro atoms. The van der Waals surface area contributed by atoms with E-state index < -0.39 is 10.8 Å². The minimum atomic E-state index is -0.977. The Morgan fingerprint density at radius 2 is 1.80 bits per heavy atom. The lowest BCUT2D eigenvalue weighted by Gasteiger charge is -2.14. The number of fused-ring (bicyclic) bond motifs is 2. The van der Waals surface area contributed by atoms with E-state index in [1.807, 2.05) is 68.4 Å². The molecule has 1 amide bonds. The molecule has 1 aliphatic rings. The number of benzene rings is 3. The van der Waals surface area contributed by atoms with Gasteiger partial charge in [0.2, 0.25) is 0 Å². The third kappa shape index (κ3) is 3.23. The van der Waals surface area contributed by atoms with E-state index in [2.05, 4.69) is 11.4 Å². The summed E-state index contributed by atoms with van der Waals surface area (Å²) in [6, 6.07) is 19.8. The average Bonchev–Trinajstić information content (AvgIpc) is 3.24. The van der Waals surface area contributed by atoms with Crippen LogP contribution >= 0.6 is 0 Å². The highest BCUT2D eigenvalue weighted by Crippen LogP contribution is 2.32. The third-order valence-corrected chi connectivity index (χ3v) is 6.70. The molecule has 2 heterocycles. The monoisotopic (exact) mass is 415 g/mol. The van der Waals surface area contributed by atoms with Gasteiger partial charge in [-0.25, -0.2) is 4.68 Å². The van der Waals surface area contributed by atoms with E-state index in [4.69, 9.17) is 5.10 Å². The normalized spacial score (nSPS) is 15.3. The summed E-state index contributed by atoms with van der Waals surface area (Å²) in [7, 11) is -0.977. The van der Waals surface area contributed by atoms with Crippen molar-refractivity contribution in [1.82, 2.24) is 9.78 Å². The minimum absolute atomic E-state index is 0.202. The molecule has 1 aromatic heterocycles. The third-order valence-electron chi connectivity index (χ3n) is 5.49. The van der Waals surface area contributed by atoms with Gasteiger partial charge in [0.25, 0.3) is 5.91 Å². The second-order valence-electron chi connectivity index (χ2n) is 7.72. The smallest absolute Gasteiger partial charge is 0.256 e. The van der Waals surface area contributed by atoms with Crippen molar-refractivity contribution in [2.75, 3.05) is 5.32 Å². The summed E-state index contributed by atoms with van der Waals surface area (Å²) in [6.45, 7) is 4.08. The van der Waals surface area contributed by atoms with Crippen LogP contribution < -0.4 is 5.32 Å². The maximum Gasteiger partial charge on any atom is 0.256 e. The SMILES string of the molecule is Cc1ccc(-n2nc3c(c2NC(=O)c2ccc4ccccc4c2)C[S@@](=O)C3)c(C)c1. The van der Waals surface area contributed by atoms with E-state index in [9.17, 15) is 9.00 Å². The van der Waals surface area contributed by atoms with Gasteiger partial charge in [-0.2, -0.15) is 5.10 Å². The van der Waals surface area contributed by atoms with Crippen LogP contribution in [0.15, 0.2) is 60.7 Å². The molecule has 0 saturated heterocycles. The van der Waals surface area contributed by atoms with Crippen molar-refractivity contribution in [2.24, 2.45) is 0 Å². The lowest BCUT2D eigenvalue weighted by molar-refractivity contribution is 0.102. The minimum Gasteiger partial charge on any atom is -0.306 e. The summed E-state index contributed by atoms with van der Waals surface area (Å²) in [5.74, 6) is 1.24. The Bertz CT molecular complexity index is 1340. The Labute approximate surface area is 177 Å². The highest BCUT2D eigenvalue weighted by molar-refractivity contribution is 7.83. The Balaban J connectivity index is 1.57. The lowest BCUT2D eigenvalue weighted by Crippen LogP contribution is -2.17. The Kier molecular flexibility index (Phi) is 4.51. The van der Waals surface area contributed by atoms with Gasteiger partial charge in [0, 0.05) is 21.9 Å². The molecule has 0 aliphatic carbocycles. The summed E-state index contributed by atoms with van der Waals surface area (Å²) in [5.41, 5.74) is 5.38. The average molecular weight is 416 g/mol. The molecular weight excluding hydrogens is 394 g/mol. The highest BCUT2D eigenvalue weighted by Gasteiger charge is 2.29. The first-order valence-corrected chi connectivity index (χ1v) is 11.3. The number of carbonyl (C=O) groups excluding carboxylic acids is 1. The van der Waals surface area contributed by atoms with Crippen LogP contribution in [0.4, 0.5) is 5.82 Å². The number of amides is 1. The van der Waals surface area contributed by atoms with Crippen LogP contribution in [0.25, 0.3) is 16.5 Å². The molecule has 0 bridgehead atoms. The molecule has 1 aliphatic heterocycles. The van der Waals surface area contributed by atoms with Crippen molar-refractivity contribution in [2.45, 2.75) is 25.4 Å². The second kappa shape index (κ2) is 7.22. The molecular formula is C24H21N3O2S. The van der Waals surface area contributed by atoms with Gasteiger partial charge in [-0.1, -0.05) is 48.0 Å². The van der Waals surface area contributed by atoms with Crippen LogP contribution in [0.5, 0.6) is 0 Å². The van der Waals surface area contributed by atoms with E-state index in [1.54, 1.807) is 4.68 Å². The van der Waals surface area contributed by atoms with Crippen molar-refractivity contribution < 1.29 is 9.00 Å². The molecule has 0 unspecified atom stereocenters. The topological polar surface area (TPSA) is 64.0 Å². The fourth-order valence-corrected chi connectivity index (χ4v) is 5.25. The molecule has 5 rings (SSSR count). The second-order valence-corrected chi connectivity index (χ2v) is 9.18. The van der Waals surface area contributed by atoms with Gasteiger partial charge in [0.1, 0.15) is 5.82 Å². The van der Waals surface area contributed by atoms with Gasteiger partial charge in [0.05, 0.1) is 22.9 Å². The lowest BCUT2D eigenvalue weighted by atomic mass is 10.1. The number of nitrogens with zero attached hydrogens (tertiary/aromatic N) is 2. The number of hydrogen-bond acceptors (Lipinski definition) is 3. The zero-order valence-corrected chi connectivity index (χ0v) is 17.6. The summed E-state index contributed by atoms with van der Waals surface area (Å²) < 4.78 is 13.9.